The molecule has 0 bridgehead atoms. The van der Waals surface area contributed by atoms with Crippen LogP contribution in [0, 0.1) is 6.92 Å². The molecule has 0 radical (unpaired) electrons. The van der Waals surface area contributed by atoms with Crippen LogP contribution in [0.3, 0.4) is 0 Å². The minimum absolute atomic E-state index is 0.0165. The third-order valence-corrected chi connectivity index (χ3v) is 3.67. The number of nitrogens with one attached hydrogen (secondary N) is 2. The molecule has 0 fully saturated rings. The van der Waals surface area contributed by atoms with Crippen molar-refractivity contribution in [1.29, 1.82) is 0 Å². The summed E-state index contributed by atoms with van der Waals surface area (Å²) in [5.74, 6) is -1.08. The third kappa shape index (κ3) is 2.61. The fourth-order valence-electron chi connectivity index (χ4n) is 1.92. The first-order valence-electron chi connectivity index (χ1n) is 6.07. The molecule has 3 rings (SSSR count). The first-order chi connectivity index (χ1) is 10.1. The molecule has 21 heavy (non-hydrogen) atoms. The maximum Gasteiger partial charge on any atom is 0.357 e. The Kier molecular flexibility index (Phi) is 3.36. The largest absolute Gasteiger partial charge is 0.476 e. The van der Waals surface area contributed by atoms with Gasteiger partial charge in [-0.2, -0.15) is 10.2 Å². The first kappa shape index (κ1) is 13.3. The van der Waals surface area contributed by atoms with Crippen molar-refractivity contribution in [2.24, 2.45) is 5.10 Å². The van der Waals surface area contributed by atoms with Gasteiger partial charge in [0.2, 0.25) is 5.13 Å². The number of thiazole rings is 1. The molecule has 0 spiro atoms. The van der Waals surface area contributed by atoms with Gasteiger partial charge in [0.05, 0.1) is 17.4 Å². The van der Waals surface area contributed by atoms with Gasteiger partial charge in [-0.05, 0) is 13.0 Å². The monoisotopic (exact) mass is 301 g/mol. The number of carboxylic acids is 1. The quantitative estimate of drug-likeness (QED) is 0.507. The maximum atomic E-state index is 11.2. The van der Waals surface area contributed by atoms with Gasteiger partial charge < -0.3 is 5.11 Å². The third-order valence-electron chi connectivity index (χ3n) is 2.81. The molecule has 1 aromatic carbocycles. The Morgan fingerprint density at radius 2 is 2.38 bits per heavy atom. The number of carboxylic acid groups (broad SMARTS) is 1. The zero-order chi connectivity index (χ0) is 14.8. The lowest BCUT2D eigenvalue weighted by atomic mass is 10.1. The van der Waals surface area contributed by atoms with E-state index >= 15 is 0 Å². The standard InChI is InChI=1S/C13H11N5O2S/c1-7-6-21-13(15-7)18-14-5-8-3-2-4-9-10(8)11(12(19)20)17-16-9/h2-6H,1H3,(H,15,18)(H,16,17)(H,19,20). The molecule has 106 valence electrons. The van der Waals surface area contributed by atoms with Crippen molar-refractivity contribution in [3.63, 3.8) is 0 Å². The molecular formula is C13H11N5O2S. The van der Waals surface area contributed by atoms with Gasteiger partial charge in [-0.3, -0.25) is 10.5 Å². The molecule has 0 unspecified atom stereocenters. The second-order valence-corrected chi connectivity index (χ2v) is 5.17. The molecule has 0 amide bonds. The summed E-state index contributed by atoms with van der Waals surface area (Å²) in [5.41, 5.74) is 5.04. The zero-order valence-corrected chi connectivity index (χ0v) is 11.8. The number of benzene rings is 1. The van der Waals surface area contributed by atoms with E-state index < -0.39 is 5.97 Å². The number of aromatic nitrogens is 3. The van der Waals surface area contributed by atoms with Crippen LogP contribution in [0.2, 0.25) is 0 Å². The summed E-state index contributed by atoms with van der Waals surface area (Å²) in [6.45, 7) is 1.90. The average Bonchev–Trinajstić information content (AvgIpc) is 3.05. The van der Waals surface area contributed by atoms with Gasteiger partial charge in [-0.15, -0.1) is 11.3 Å². The predicted octanol–water partition coefficient (Wildman–Crippen LogP) is 2.47. The number of nitrogens with zero attached hydrogens (tertiary/aromatic N) is 3. The van der Waals surface area contributed by atoms with Crippen LogP contribution < -0.4 is 5.43 Å². The lowest BCUT2D eigenvalue weighted by molar-refractivity contribution is 0.0692. The van der Waals surface area contributed by atoms with Crippen molar-refractivity contribution in [2.45, 2.75) is 6.92 Å². The van der Waals surface area contributed by atoms with Crippen LogP contribution in [-0.4, -0.2) is 32.5 Å². The van der Waals surface area contributed by atoms with Crippen molar-refractivity contribution in [3.8, 4) is 0 Å². The molecule has 0 saturated heterocycles. The van der Waals surface area contributed by atoms with Gasteiger partial charge in [0, 0.05) is 16.3 Å². The molecule has 0 aliphatic heterocycles. The Labute approximate surface area is 123 Å². The molecule has 0 atom stereocenters. The summed E-state index contributed by atoms with van der Waals surface area (Å²) < 4.78 is 0. The minimum atomic E-state index is -1.08. The zero-order valence-electron chi connectivity index (χ0n) is 11.0. The highest BCUT2D eigenvalue weighted by molar-refractivity contribution is 7.13. The predicted molar refractivity (Wildman–Crippen MR) is 81.1 cm³/mol. The van der Waals surface area contributed by atoms with Gasteiger partial charge >= 0.3 is 5.97 Å². The number of fused-ring (bicyclic) bond motifs is 1. The van der Waals surface area contributed by atoms with E-state index in [9.17, 15) is 4.79 Å². The summed E-state index contributed by atoms with van der Waals surface area (Å²) >= 11 is 1.45. The molecule has 2 heterocycles. The Hall–Kier alpha value is -2.74. The van der Waals surface area contributed by atoms with Crippen LogP contribution in [0.15, 0.2) is 28.7 Å². The van der Waals surface area contributed by atoms with Gasteiger partial charge in [-0.25, -0.2) is 9.78 Å². The van der Waals surface area contributed by atoms with Crippen LogP contribution in [0.1, 0.15) is 21.7 Å². The number of carbonyl (C=O) groups is 1. The van der Waals surface area contributed by atoms with E-state index in [1.165, 1.54) is 11.3 Å². The number of rotatable bonds is 4. The fraction of sp³-hybridized carbons (Fsp3) is 0.0769. The first-order valence-corrected chi connectivity index (χ1v) is 6.94. The van der Waals surface area contributed by atoms with Gasteiger partial charge in [0.1, 0.15) is 0 Å². The smallest absolute Gasteiger partial charge is 0.357 e. The SMILES string of the molecule is Cc1csc(NN=Cc2cccc3[nH]nc(C(=O)O)c23)n1. The number of anilines is 1. The Bertz CT molecular complexity index is 836. The summed E-state index contributed by atoms with van der Waals surface area (Å²) in [4.78, 5) is 15.4. The summed E-state index contributed by atoms with van der Waals surface area (Å²) in [7, 11) is 0. The molecule has 8 heteroatoms. The number of aryl methyl sites for hydroxylation is 1. The molecule has 7 nitrogen and oxygen atoms in total. The normalized spacial score (nSPS) is 11.3. The Balaban J connectivity index is 1.93. The second-order valence-electron chi connectivity index (χ2n) is 4.31. The van der Waals surface area contributed by atoms with Crippen LogP contribution in [0.25, 0.3) is 10.9 Å². The van der Waals surface area contributed by atoms with Crippen LogP contribution >= 0.6 is 11.3 Å². The summed E-state index contributed by atoms with van der Waals surface area (Å²) in [6.07, 6.45) is 1.56. The number of H-pyrrole nitrogens is 1. The highest BCUT2D eigenvalue weighted by atomic mass is 32.1. The van der Waals surface area contributed by atoms with Gasteiger partial charge in [0.15, 0.2) is 5.69 Å². The van der Waals surface area contributed by atoms with Gasteiger partial charge in [0.25, 0.3) is 0 Å². The average molecular weight is 301 g/mol. The molecule has 0 aliphatic carbocycles. The molecule has 0 aliphatic rings. The minimum Gasteiger partial charge on any atom is -0.476 e. The van der Waals surface area contributed by atoms with Crippen LogP contribution in [0.4, 0.5) is 5.13 Å². The van der Waals surface area contributed by atoms with Crippen molar-refractivity contribution in [2.75, 3.05) is 5.43 Å². The van der Waals surface area contributed by atoms with E-state index in [-0.39, 0.29) is 5.69 Å². The molecular weight excluding hydrogens is 290 g/mol. The summed E-state index contributed by atoms with van der Waals surface area (Å²) in [6, 6.07) is 5.35. The maximum absolute atomic E-state index is 11.2. The van der Waals surface area contributed by atoms with E-state index in [0.29, 0.717) is 21.6 Å². The highest BCUT2D eigenvalue weighted by Gasteiger charge is 2.14. The lowest BCUT2D eigenvalue weighted by Gasteiger charge is -1.98. The Morgan fingerprint density at radius 3 is 3.10 bits per heavy atom. The van der Waals surface area contributed by atoms with Crippen molar-refractivity contribution in [3.05, 3.63) is 40.5 Å². The number of hydrogen-bond donors (Lipinski definition) is 3. The van der Waals surface area contributed by atoms with Crippen molar-refractivity contribution >= 4 is 39.6 Å². The number of aromatic amines is 1. The van der Waals surface area contributed by atoms with Crippen molar-refractivity contribution < 1.29 is 9.90 Å². The molecule has 3 aromatic rings. The second kappa shape index (κ2) is 5.33. The number of hydrogen-bond acceptors (Lipinski definition) is 6. The van der Waals surface area contributed by atoms with Crippen molar-refractivity contribution in [1.82, 2.24) is 15.2 Å². The van der Waals surface area contributed by atoms with Crippen LogP contribution in [-0.2, 0) is 0 Å². The topological polar surface area (TPSA) is 103 Å². The molecule has 2 aromatic heterocycles. The summed E-state index contributed by atoms with van der Waals surface area (Å²) in [5, 5.41) is 22.9. The lowest BCUT2D eigenvalue weighted by Crippen LogP contribution is -1.99. The molecule has 3 N–H and O–H groups in total. The highest BCUT2D eigenvalue weighted by Crippen LogP contribution is 2.20. The van der Waals surface area contributed by atoms with E-state index in [2.05, 4.69) is 25.7 Å². The van der Waals surface area contributed by atoms with Gasteiger partial charge in [-0.1, -0.05) is 12.1 Å². The van der Waals surface area contributed by atoms with Crippen LogP contribution in [0.5, 0.6) is 0 Å². The van der Waals surface area contributed by atoms with E-state index in [1.54, 1.807) is 24.4 Å². The number of hydrazone groups is 1. The van der Waals surface area contributed by atoms with E-state index in [1.807, 2.05) is 12.3 Å². The molecule has 0 saturated carbocycles. The number of aromatic carboxylic acids is 1. The Morgan fingerprint density at radius 1 is 1.52 bits per heavy atom. The van der Waals surface area contributed by atoms with E-state index in [4.69, 9.17) is 5.11 Å². The fourth-order valence-corrected chi connectivity index (χ4v) is 2.56. The van der Waals surface area contributed by atoms with E-state index in [0.717, 1.165) is 5.69 Å².